The molecule has 0 aromatic rings. The van der Waals surface area contributed by atoms with Crippen LogP contribution in [0.4, 0.5) is 4.79 Å². The van der Waals surface area contributed by atoms with E-state index in [9.17, 15) is 9.59 Å². The predicted octanol–water partition coefficient (Wildman–Crippen LogP) is 0.901. The summed E-state index contributed by atoms with van der Waals surface area (Å²) >= 11 is 0. The molecule has 1 aliphatic carbocycles. The van der Waals surface area contributed by atoms with Crippen LogP contribution in [0.25, 0.3) is 0 Å². The van der Waals surface area contributed by atoms with Gasteiger partial charge >= 0.3 is 12.0 Å². The zero-order chi connectivity index (χ0) is 11.4. The van der Waals surface area contributed by atoms with E-state index < -0.39 is 5.97 Å². The maximum Gasteiger partial charge on any atom is 0.317 e. The second-order valence-corrected chi connectivity index (χ2v) is 3.99. The van der Waals surface area contributed by atoms with Crippen LogP contribution in [-0.4, -0.2) is 41.1 Å². The topological polar surface area (TPSA) is 69.6 Å². The molecule has 86 valence electrons. The first-order valence-corrected chi connectivity index (χ1v) is 5.31. The summed E-state index contributed by atoms with van der Waals surface area (Å²) in [7, 11) is 0. The van der Waals surface area contributed by atoms with E-state index in [1.807, 2.05) is 6.92 Å². The largest absolute Gasteiger partial charge is 0.481 e. The minimum absolute atomic E-state index is 0.00147. The number of hydrogen-bond acceptors (Lipinski definition) is 2. The average molecular weight is 214 g/mol. The molecule has 2 N–H and O–H groups in total. The van der Waals surface area contributed by atoms with Crippen molar-refractivity contribution in [1.29, 1.82) is 0 Å². The van der Waals surface area contributed by atoms with Crippen molar-refractivity contribution in [2.45, 2.75) is 32.7 Å². The Morgan fingerprint density at radius 2 is 2.13 bits per heavy atom. The molecule has 1 rings (SSSR count). The van der Waals surface area contributed by atoms with E-state index >= 15 is 0 Å². The number of carbonyl (C=O) groups excluding carboxylic acids is 1. The van der Waals surface area contributed by atoms with Gasteiger partial charge in [-0.05, 0) is 19.3 Å². The van der Waals surface area contributed by atoms with Gasteiger partial charge in [0.05, 0.1) is 6.42 Å². The summed E-state index contributed by atoms with van der Waals surface area (Å²) in [4.78, 5) is 23.5. The van der Waals surface area contributed by atoms with Crippen molar-refractivity contribution in [2.24, 2.45) is 5.92 Å². The summed E-state index contributed by atoms with van der Waals surface area (Å²) in [6.07, 6.45) is 1.03. The van der Waals surface area contributed by atoms with Crippen molar-refractivity contribution in [3.63, 3.8) is 0 Å². The molecule has 0 aromatic heterocycles. The third-order valence-corrected chi connectivity index (χ3v) is 2.68. The molecule has 0 heterocycles. The average Bonchev–Trinajstić information content (AvgIpc) is 2.82. The number of carboxylic acid groups (broad SMARTS) is 1. The smallest absolute Gasteiger partial charge is 0.317 e. The Labute approximate surface area is 89.4 Å². The molecule has 0 spiro atoms. The number of nitrogens with one attached hydrogen (secondary N) is 1. The molecule has 0 aromatic carbocycles. The van der Waals surface area contributed by atoms with Gasteiger partial charge in [-0.2, -0.15) is 0 Å². The molecule has 0 aliphatic heterocycles. The Hall–Kier alpha value is -1.26. The minimum atomic E-state index is -0.874. The molecule has 1 aliphatic rings. The van der Waals surface area contributed by atoms with Gasteiger partial charge in [0, 0.05) is 19.1 Å². The Kier molecular flexibility index (Phi) is 3.94. The van der Waals surface area contributed by atoms with Crippen LogP contribution in [0.15, 0.2) is 0 Å². The second-order valence-electron chi connectivity index (χ2n) is 3.99. The molecular formula is C10H18N2O3. The fourth-order valence-corrected chi connectivity index (χ4v) is 1.41. The zero-order valence-corrected chi connectivity index (χ0v) is 9.19. The van der Waals surface area contributed by atoms with Crippen LogP contribution < -0.4 is 5.32 Å². The molecule has 0 bridgehead atoms. The van der Waals surface area contributed by atoms with E-state index in [0.29, 0.717) is 12.5 Å². The summed E-state index contributed by atoms with van der Waals surface area (Å²) in [6, 6.07) is 0.143. The molecule has 1 saturated carbocycles. The third kappa shape index (κ3) is 3.77. The number of nitrogens with zero attached hydrogens (tertiary/aromatic N) is 1. The first-order valence-electron chi connectivity index (χ1n) is 5.31. The molecule has 2 atom stereocenters. The number of amides is 2. The van der Waals surface area contributed by atoms with E-state index in [1.54, 1.807) is 0 Å². The van der Waals surface area contributed by atoms with Gasteiger partial charge in [0.2, 0.25) is 0 Å². The van der Waals surface area contributed by atoms with Gasteiger partial charge in [-0.3, -0.25) is 4.79 Å². The second kappa shape index (κ2) is 5.00. The van der Waals surface area contributed by atoms with Crippen molar-refractivity contribution in [3.05, 3.63) is 0 Å². The summed E-state index contributed by atoms with van der Waals surface area (Å²) < 4.78 is 0. The van der Waals surface area contributed by atoms with Gasteiger partial charge in [-0.25, -0.2) is 4.79 Å². The lowest BCUT2D eigenvalue weighted by atomic mass is 10.4. The summed E-state index contributed by atoms with van der Waals surface area (Å²) in [5, 5.41) is 11.4. The molecule has 1 fully saturated rings. The van der Waals surface area contributed by atoms with Gasteiger partial charge in [-0.15, -0.1) is 0 Å². The van der Waals surface area contributed by atoms with Crippen molar-refractivity contribution in [1.82, 2.24) is 10.2 Å². The van der Waals surface area contributed by atoms with Crippen LogP contribution >= 0.6 is 0 Å². The van der Waals surface area contributed by atoms with Gasteiger partial charge < -0.3 is 15.3 Å². The summed E-state index contributed by atoms with van der Waals surface area (Å²) in [6.45, 7) is 4.75. The number of carboxylic acids is 1. The highest BCUT2D eigenvalue weighted by molar-refractivity contribution is 5.75. The van der Waals surface area contributed by atoms with Crippen molar-refractivity contribution in [3.8, 4) is 0 Å². The van der Waals surface area contributed by atoms with Gasteiger partial charge in [0.1, 0.15) is 0 Å². The Balaban J connectivity index is 2.29. The van der Waals surface area contributed by atoms with Crippen molar-refractivity contribution in [2.75, 3.05) is 13.1 Å². The molecule has 0 radical (unpaired) electrons. The van der Waals surface area contributed by atoms with Crippen LogP contribution in [0.2, 0.25) is 0 Å². The number of urea groups is 1. The number of aliphatic carboxylic acids is 1. The van der Waals surface area contributed by atoms with Crippen LogP contribution in [0.1, 0.15) is 26.7 Å². The SMILES string of the molecule is CCN(CCC(=O)O)C(=O)NC1CC1C. The summed E-state index contributed by atoms with van der Waals surface area (Å²) in [5.41, 5.74) is 0. The first-order chi connectivity index (χ1) is 7.04. The quantitative estimate of drug-likeness (QED) is 0.714. The third-order valence-electron chi connectivity index (χ3n) is 2.68. The van der Waals surface area contributed by atoms with Gasteiger partial charge in [-0.1, -0.05) is 6.92 Å². The van der Waals surface area contributed by atoms with E-state index in [-0.39, 0.29) is 25.0 Å². The maximum atomic E-state index is 11.6. The minimum Gasteiger partial charge on any atom is -0.481 e. The first kappa shape index (κ1) is 11.8. The van der Waals surface area contributed by atoms with E-state index in [4.69, 9.17) is 5.11 Å². The highest BCUT2D eigenvalue weighted by atomic mass is 16.4. The van der Waals surface area contributed by atoms with Gasteiger partial charge in [0.25, 0.3) is 0 Å². The standard InChI is InChI=1S/C10H18N2O3/c1-3-12(5-4-9(13)14)10(15)11-8-6-7(8)2/h7-8H,3-6H2,1-2H3,(H,11,15)(H,13,14). The van der Waals surface area contributed by atoms with E-state index in [1.165, 1.54) is 4.90 Å². The van der Waals surface area contributed by atoms with Crippen molar-refractivity contribution < 1.29 is 14.7 Å². The Morgan fingerprint density at radius 3 is 2.53 bits per heavy atom. The molecule has 2 amide bonds. The molecule has 5 heteroatoms. The summed E-state index contributed by atoms with van der Waals surface area (Å²) in [5.74, 6) is -0.312. The predicted molar refractivity (Wildman–Crippen MR) is 55.6 cm³/mol. The Morgan fingerprint density at radius 1 is 1.53 bits per heavy atom. The van der Waals surface area contributed by atoms with Crippen LogP contribution in [0.5, 0.6) is 0 Å². The lowest BCUT2D eigenvalue weighted by molar-refractivity contribution is -0.137. The molecule has 5 nitrogen and oxygen atoms in total. The highest BCUT2D eigenvalue weighted by Gasteiger charge is 2.34. The monoisotopic (exact) mass is 214 g/mol. The molecule has 2 unspecified atom stereocenters. The fraction of sp³-hybridized carbons (Fsp3) is 0.800. The molecular weight excluding hydrogens is 196 g/mol. The lowest BCUT2D eigenvalue weighted by Gasteiger charge is -2.20. The highest BCUT2D eigenvalue weighted by Crippen LogP contribution is 2.29. The molecule has 0 saturated heterocycles. The Bertz CT molecular complexity index is 255. The van der Waals surface area contributed by atoms with E-state index in [0.717, 1.165) is 6.42 Å². The lowest BCUT2D eigenvalue weighted by Crippen LogP contribution is -2.42. The van der Waals surface area contributed by atoms with E-state index in [2.05, 4.69) is 12.2 Å². The van der Waals surface area contributed by atoms with Crippen LogP contribution in [0.3, 0.4) is 0 Å². The normalized spacial score (nSPS) is 23.3. The van der Waals surface area contributed by atoms with Crippen LogP contribution in [-0.2, 0) is 4.79 Å². The number of carbonyl (C=O) groups is 2. The van der Waals surface area contributed by atoms with Crippen LogP contribution in [0, 0.1) is 5.92 Å². The zero-order valence-electron chi connectivity index (χ0n) is 9.19. The van der Waals surface area contributed by atoms with Crippen molar-refractivity contribution >= 4 is 12.0 Å². The maximum absolute atomic E-state index is 11.6. The number of hydrogen-bond donors (Lipinski definition) is 2. The van der Waals surface area contributed by atoms with Gasteiger partial charge in [0.15, 0.2) is 0 Å². The number of rotatable bonds is 5. The fourth-order valence-electron chi connectivity index (χ4n) is 1.41. The molecule has 15 heavy (non-hydrogen) atoms.